The van der Waals surface area contributed by atoms with Crippen molar-refractivity contribution >= 4 is 27.3 Å². The van der Waals surface area contributed by atoms with E-state index < -0.39 is 16.0 Å². The van der Waals surface area contributed by atoms with Crippen molar-refractivity contribution in [2.75, 3.05) is 11.0 Å². The number of carbonyl (C=O) groups is 1. The number of carbonyl (C=O) groups excluding carboxylic acids is 1. The van der Waals surface area contributed by atoms with Crippen LogP contribution in [0.4, 0.5) is 5.69 Å². The SMILES string of the molecule is Cc1cccn2c(=O)cc(COC(=O)c3ccccc3NS(C)(=O)=O)nc12. The molecule has 0 radical (unpaired) electrons. The summed E-state index contributed by atoms with van der Waals surface area (Å²) in [5.74, 6) is -0.728. The highest BCUT2D eigenvalue weighted by Gasteiger charge is 2.16. The van der Waals surface area contributed by atoms with E-state index in [0.29, 0.717) is 11.3 Å². The third-order valence-corrected chi connectivity index (χ3v) is 4.32. The second-order valence-corrected chi connectivity index (χ2v) is 7.71. The van der Waals surface area contributed by atoms with Crippen molar-refractivity contribution in [1.29, 1.82) is 0 Å². The minimum Gasteiger partial charge on any atom is -0.456 e. The Bertz CT molecular complexity index is 1190. The van der Waals surface area contributed by atoms with E-state index in [1.54, 1.807) is 24.4 Å². The fourth-order valence-electron chi connectivity index (χ4n) is 2.55. The minimum absolute atomic E-state index is 0.0663. The number of rotatable bonds is 5. The van der Waals surface area contributed by atoms with E-state index in [1.165, 1.54) is 22.6 Å². The monoisotopic (exact) mass is 387 g/mol. The number of aromatic nitrogens is 2. The van der Waals surface area contributed by atoms with Gasteiger partial charge in [-0.15, -0.1) is 0 Å². The molecule has 3 aromatic rings. The molecule has 27 heavy (non-hydrogen) atoms. The molecule has 0 spiro atoms. The molecule has 9 heteroatoms. The zero-order valence-electron chi connectivity index (χ0n) is 14.7. The van der Waals surface area contributed by atoms with Gasteiger partial charge in [-0.25, -0.2) is 18.2 Å². The zero-order valence-corrected chi connectivity index (χ0v) is 15.5. The van der Waals surface area contributed by atoms with Gasteiger partial charge in [0.2, 0.25) is 10.0 Å². The van der Waals surface area contributed by atoms with Crippen molar-refractivity contribution in [3.05, 3.63) is 75.8 Å². The standard InChI is InChI=1S/C18H17N3O5S/c1-12-6-5-9-21-16(22)10-13(19-17(12)21)11-26-18(23)14-7-3-4-8-15(14)20-27(2,24)25/h3-10,20H,11H2,1-2H3. The van der Waals surface area contributed by atoms with Gasteiger partial charge in [-0.2, -0.15) is 0 Å². The lowest BCUT2D eigenvalue weighted by atomic mass is 10.2. The molecule has 2 aromatic heterocycles. The van der Waals surface area contributed by atoms with Gasteiger partial charge >= 0.3 is 5.97 Å². The van der Waals surface area contributed by atoms with E-state index in [4.69, 9.17) is 4.74 Å². The van der Waals surface area contributed by atoms with E-state index in [1.807, 2.05) is 13.0 Å². The van der Waals surface area contributed by atoms with Crippen LogP contribution in [0.2, 0.25) is 0 Å². The van der Waals surface area contributed by atoms with Crippen LogP contribution in [-0.4, -0.2) is 30.0 Å². The van der Waals surface area contributed by atoms with Gasteiger partial charge in [0.15, 0.2) is 0 Å². The lowest BCUT2D eigenvalue weighted by Gasteiger charge is -2.11. The van der Waals surface area contributed by atoms with E-state index in [0.717, 1.165) is 11.8 Å². The first kappa shape index (κ1) is 18.6. The summed E-state index contributed by atoms with van der Waals surface area (Å²) in [6, 6.07) is 11.0. The molecular formula is C18H17N3O5S. The molecule has 0 saturated heterocycles. The summed E-state index contributed by atoms with van der Waals surface area (Å²) in [4.78, 5) is 28.9. The maximum atomic E-state index is 12.4. The van der Waals surface area contributed by atoms with Crippen LogP contribution in [0.5, 0.6) is 0 Å². The Kier molecular flexibility index (Phi) is 4.95. The van der Waals surface area contributed by atoms with Crippen LogP contribution >= 0.6 is 0 Å². The molecular weight excluding hydrogens is 370 g/mol. The maximum Gasteiger partial charge on any atom is 0.340 e. The van der Waals surface area contributed by atoms with Gasteiger partial charge in [0.05, 0.1) is 23.2 Å². The second-order valence-electron chi connectivity index (χ2n) is 5.97. The molecule has 1 N–H and O–H groups in total. The van der Waals surface area contributed by atoms with Crippen LogP contribution in [0.15, 0.2) is 53.5 Å². The highest BCUT2D eigenvalue weighted by molar-refractivity contribution is 7.92. The number of sulfonamides is 1. The number of hydrogen-bond donors (Lipinski definition) is 1. The number of hydrogen-bond acceptors (Lipinski definition) is 6. The zero-order chi connectivity index (χ0) is 19.6. The summed E-state index contributed by atoms with van der Waals surface area (Å²) >= 11 is 0. The number of aryl methyl sites for hydroxylation is 1. The lowest BCUT2D eigenvalue weighted by Crippen LogP contribution is -2.18. The normalized spacial score (nSPS) is 11.3. The number of esters is 1. The summed E-state index contributed by atoms with van der Waals surface area (Å²) in [7, 11) is -3.55. The van der Waals surface area contributed by atoms with Gasteiger partial charge in [0, 0.05) is 12.3 Å². The molecule has 3 rings (SSSR count). The quantitative estimate of drug-likeness (QED) is 0.668. The van der Waals surface area contributed by atoms with E-state index in [9.17, 15) is 18.0 Å². The molecule has 0 unspecified atom stereocenters. The lowest BCUT2D eigenvalue weighted by molar-refractivity contribution is 0.0469. The highest BCUT2D eigenvalue weighted by atomic mass is 32.2. The average molecular weight is 387 g/mol. The summed E-state index contributed by atoms with van der Waals surface area (Å²) in [6.45, 7) is 1.61. The van der Waals surface area contributed by atoms with Gasteiger partial charge in [-0.05, 0) is 30.7 Å². The summed E-state index contributed by atoms with van der Waals surface area (Å²) in [5.41, 5.74) is 1.50. The minimum atomic E-state index is -3.55. The van der Waals surface area contributed by atoms with E-state index in [-0.39, 0.29) is 23.4 Å². The van der Waals surface area contributed by atoms with Gasteiger partial charge in [-0.3, -0.25) is 13.9 Å². The first-order valence-electron chi connectivity index (χ1n) is 7.96. The number of nitrogens with zero attached hydrogens (tertiary/aromatic N) is 2. The van der Waals surface area contributed by atoms with Crippen molar-refractivity contribution < 1.29 is 17.9 Å². The molecule has 2 heterocycles. The second kappa shape index (κ2) is 7.20. The number of anilines is 1. The molecule has 140 valence electrons. The molecule has 8 nitrogen and oxygen atoms in total. The van der Waals surface area contributed by atoms with Gasteiger partial charge < -0.3 is 4.74 Å². The average Bonchev–Trinajstić information content (AvgIpc) is 2.60. The first-order valence-corrected chi connectivity index (χ1v) is 9.85. The largest absolute Gasteiger partial charge is 0.456 e. The Morgan fingerprint density at radius 1 is 1.22 bits per heavy atom. The molecule has 0 amide bonds. The molecule has 0 saturated carbocycles. The van der Waals surface area contributed by atoms with Gasteiger partial charge in [0.25, 0.3) is 5.56 Å². The molecule has 0 aliphatic rings. The molecule has 0 aliphatic heterocycles. The van der Waals surface area contributed by atoms with Crippen LogP contribution in [0.1, 0.15) is 21.6 Å². The molecule has 0 atom stereocenters. The third kappa shape index (κ3) is 4.32. The molecule has 1 aromatic carbocycles. The Morgan fingerprint density at radius 2 is 1.96 bits per heavy atom. The Hall–Kier alpha value is -3.20. The fourth-order valence-corrected chi connectivity index (χ4v) is 3.13. The van der Waals surface area contributed by atoms with Gasteiger partial charge in [-0.1, -0.05) is 18.2 Å². The predicted molar refractivity (Wildman–Crippen MR) is 100 cm³/mol. The van der Waals surface area contributed by atoms with Crippen molar-refractivity contribution in [3.63, 3.8) is 0 Å². The smallest absolute Gasteiger partial charge is 0.340 e. The first-order chi connectivity index (χ1) is 12.7. The summed E-state index contributed by atoms with van der Waals surface area (Å²) < 4.78 is 31.8. The fraction of sp³-hybridized carbons (Fsp3) is 0.167. The van der Waals surface area contributed by atoms with Crippen molar-refractivity contribution in [2.24, 2.45) is 0 Å². The predicted octanol–water partition coefficient (Wildman–Crippen LogP) is 1.73. The topological polar surface area (TPSA) is 107 Å². The third-order valence-electron chi connectivity index (χ3n) is 3.73. The van der Waals surface area contributed by atoms with E-state index in [2.05, 4.69) is 9.71 Å². The number of nitrogens with one attached hydrogen (secondary N) is 1. The van der Waals surface area contributed by atoms with Crippen LogP contribution in [-0.2, 0) is 21.4 Å². The van der Waals surface area contributed by atoms with Crippen LogP contribution in [0, 0.1) is 6.92 Å². The van der Waals surface area contributed by atoms with Crippen LogP contribution < -0.4 is 10.3 Å². The number of para-hydroxylation sites is 1. The number of benzene rings is 1. The molecule has 0 fully saturated rings. The van der Waals surface area contributed by atoms with Gasteiger partial charge in [0.1, 0.15) is 12.3 Å². The molecule has 0 bridgehead atoms. The number of ether oxygens (including phenoxy) is 1. The van der Waals surface area contributed by atoms with E-state index >= 15 is 0 Å². The maximum absolute atomic E-state index is 12.4. The van der Waals surface area contributed by atoms with Crippen LogP contribution in [0.3, 0.4) is 0 Å². The Labute approximate surface area is 155 Å². The molecule has 0 aliphatic carbocycles. The number of fused-ring (bicyclic) bond motifs is 1. The van der Waals surface area contributed by atoms with Crippen molar-refractivity contribution in [3.8, 4) is 0 Å². The van der Waals surface area contributed by atoms with Crippen LogP contribution in [0.25, 0.3) is 5.65 Å². The number of pyridine rings is 1. The summed E-state index contributed by atoms with van der Waals surface area (Å²) in [5, 5.41) is 0. The Balaban J connectivity index is 1.84. The summed E-state index contributed by atoms with van der Waals surface area (Å²) in [6.07, 6.45) is 2.60. The Morgan fingerprint density at radius 3 is 2.70 bits per heavy atom. The highest BCUT2D eigenvalue weighted by Crippen LogP contribution is 2.18. The van der Waals surface area contributed by atoms with Crippen molar-refractivity contribution in [1.82, 2.24) is 9.38 Å². The van der Waals surface area contributed by atoms with Crippen molar-refractivity contribution in [2.45, 2.75) is 13.5 Å².